The average Bonchev–Trinajstić information content (AvgIpc) is 3.57. The number of anilines is 1. The quantitative estimate of drug-likeness (QED) is 0.139. The molecule has 60 heavy (non-hydrogen) atoms. The zero-order chi connectivity index (χ0) is 41.9. The Morgan fingerprint density at radius 3 is 1.77 bits per heavy atom. The first-order valence-electron chi connectivity index (χ1n) is 21.8. The molecule has 3 aliphatic rings. The molecular formula is C58H59N2+. The van der Waals surface area contributed by atoms with E-state index in [1.165, 1.54) is 77.7 Å². The fourth-order valence-electron chi connectivity index (χ4n) is 11.4. The van der Waals surface area contributed by atoms with Crippen molar-refractivity contribution in [1.82, 2.24) is 0 Å². The van der Waals surface area contributed by atoms with Crippen molar-refractivity contribution in [3.8, 4) is 0 Å². The van der Waals surface area contributed by atoms with E-state index in [-0.39, 0.29) is 21.7 Å². The Morgan fingerprint density at radius 2 is 1.12 bits per heavy atom. The molecule has 0 N–H and O–H groups in total. The fraction of sp³-hybridized carbons (Fsp3) is 0.259. The van der Waals surface area contributed by atoms with Crippen LogP contribution in [0, 0.1) is 10.8 Å². The Labute approximate surface area is 358 Å². The Morgan fingerprint density at radius 1 is 0.567 bits per heavy atom. The highest BCUT2D eigenvalue weighted by Crippen LogP contribution is 2.53. The zero-order valence-corrected chi connectivity index (χ0v) is 36.8. The van der Waals surface area contributed by atoms with Gasteiger partial charge in [-0.3, -0.25) is 0 Å². The Hall–Kier alpha value is -5.99. The van der Waals surface area contributed by atoms with Gasteiger partial charge in [-0.05, 0) is 112 Å². The van der Waals surface area contributed by atoms with Gasteiger partial charge in [0.2, 0.25) is 5.69 Å². The molecule has 2 atom stereocenters. The molecule has 0 aromatic heterocycles. The summed E-state index contributed by atoms with van der Waals surface area (Å²) in [6.45, 7) is 14.5. The summed E-state index contributed by atoms with van der Waals surface area (Å²) >= 11 is 0. The van der Waals surface area contributed by atoms with Crippen LogP contribution in [0.5, 0.6) is 0 Å². The first-order valence-corrected chi connectivity index (χ1v) is 21.8. The lowest BCUT2D eigenvalue weighted by Gasteiger charge is -2.42. The van der Waals surface area contributed by atoms with Crippen LogP contribution in [-0.4, -0.2) is 24.4 Å². The second-order valence-corrected chi connectivity index (χ2v) is 19.3. The predicted octanol–water partition coefficient (Wildman–Crippen LogP) is 14.2. The zero-order valence-electron chi connectivity index (χ0n) is 36.8. The number of allylic oxidation sites excluding steroid dienone is 10. The molecule has 2 nitrogen and oxygen atoms in total. The van der Waals surface area contributed by atoms with Crippen LogP contribution in [0.15, 0.2) is 193 Å². The number of nitrogens with zero attached hydrogens (tertiary/aromatic N) is 2. The molecular weight excluding hydrogens is 725 g/mol. The standard InChI is InChI=1S/C58H59N2/c1-55(2)40-56(3,4)46(28-20-32-52-58(6,39-42-23-13-10-14-24-42)54-48-30-18-16-26-44(48)34-36-50(54)60(52)8)37-45(55)27-19-31-51-57(5,38-41-21-11-9-12-22-41)53-47-29-17-15-25-43(47)33-35-49(53)59(51)7/h9-37H,38-40H2,1-8H3/q+1. The van der Waals surface area contributed by atoms with Gasteiger partial charge in [-0.2, -0.15) is 4.58 Å². The van der Waals surface area contributed by atoms with Crippen LogP contribution in [-0.2, 0) is 23.7 Å². The van der Waals surface area contributed by atoms with Crippen molar-refractivity contribution in [3.63, 3.8) is 0 Å². The smallest absolute Gasteiger partial charge is 0.210 e. The van der Waals surface area contributed by atoms with E-state index in [4.69, 9.17) is 0 Å². The normalized spacial score (nSPS) is 23.4. The van der Waals surface area contributed by atoms with Crippen molar-refractivity contribution in [3.05, 3.63) is 215 Å². The molecule has 1 aliphatic carbocycles. The van der Waals surface area contributed by atoms with E-state index in [1.54, 1.807) is 0 Å². The van der Waals surface area contributed by atoms with E-state index < -0.39 is 0 Å². The average molecular weight is 784 g/mol. The molecule has 0 amide bonds. The molecule has 2 heteroatoms. The van der Waals surface area contributed by atoms with E-state index in [9.17, 15) is 0 Å². The van der Waals surface area contributed by atoms with E-state index >= 15 is 0 Å². The Kier molecular flexibility index (Phi) is 9.82. The molecule has 6 aromatic carbocycles. The third-order valence-electron chi connectivity index (χ3n) is 14.1. The molecule has 9 rings (SSSR count). The molecule has 6 aromatic rings. The second-order valence-electron chi connectivity index (χ2n) is 19.3. The minimum atomic E-state index is -0.197. The molecule has 2 aliphatic heterocycles. The van der Waals surface area contributed by atoms with Gasteiger partial charge in [-0.1, -0.05) is 173 Å². The number of hydrogen-bond donors (Lipinski definition) is 0. The van der Waals surface area contributed by atoms with E-state index in [0.717, 1.165) is 19.3 Å². The maximum atomic E-state index is 2.47. The lowest BCUT2D eigenvalue weighted by Crippen LogP contribution is -2.33. The van der Waals surface area contributed by atoms with Crippen molar-refractivity contribution in [2.75, 3.05) is 19.0 Å². The second kappa shape index (κ2) is 14.9. The molecule has 0 bridgehead atoms. The summed E-state index contributed by atoms with van der Waals surface area (Å²) in [4.78, 5) is 2.43. The van der Waals surface area contributed by atoms with Gasteiger partial charge in [0.25, 0.3) is 0 Å². The van der Waals surface area contributed by atoms with E-state index in [2.05, 4.69) is 241 Å². The van der Waals surface area contributed by atoms with Gasteiger partial charge in [-0.25, -0.2) is 0 Å². The maximum Gasteiger partial charge on any atom is 0.210 e. The third-order valence-corrected chi connectivity index (χ3v) is 14.1. The number of fused-ring (bicyclic) bond motifs is 6. The highest BCUT2D eigenvalue weighted by molar-refractivity contribution is 6.08. The molecule has 0 radical (unpaired) electrons. The highest BCUT2D eigenvalue weighted by atomic mass is 15.2. The molecule has 2 heterocycles. The van der Waals surface area contributed by atoms with Crippen LogP contribution in [0.3, 0.4) is 0 Å². The van der Waals surface area contributed by atoms with Crippen LogP contribution in [0.2, 0.25) is 0 Å². The maximum absolute atomic E-state index is 2.47. The molecule has 0 fully saturated rings. The van der Waals surface area contributed by atoms with Gasteiger partial charge < -0.3 is 4.90 Å². The summed E-state index contributed by atoms with van der Waals surface area (Å²) in [5.74, 6) is 0. The number of benzene rings is 6. The monoisotopic (exact) mass is 783 g/mol. The number of hydrogen-bond acceptors (Lipinski definition) is 1. The topological polar surface area (TPSA) is 6.25 Å². The summed E-state index contributed by atoms with van der Waals surface area (Å²) in [7, 11) is 4.49. The van der Waals surface area contributed by atoms with Gasteiger partial charge >= 0.3 is 0 Å². The van der Waals surface area contributed by atoms with Gasteiger partial charge in [0, 0.05) is 41.6 Å². The summed E-state index contributed by atoms with van der Waals surface area (Å²) < 4.78 is 2.43. The van der Waals surface area contributed by atoms with E-state index in [1.807, 2.05) is 0 Å². The van der Waals surface area contributed by atoms with Crippen molar-refractivity contribution < 1.29 is 4.58 Å². The number of likely N-dealkylation sites (N-methyl/N-ethyl adjacent to an activating group) is 1. The minimum Gasteiger partial charge on any atom is -0.347 e. The third kappa shape index (κ3) is 6.71. The van der Waals surface area contributed by atoms with Crippen LogP contribution in [0.4, 0.5) is 11.4 Å². The first-order chi connectivity index (χ1) is 28.8. The Bertz CT molecular complexity index is 2820. The van der Waals surface area contributed by atoms with Gasteiger partial charge in [-0.15, -0.1) is 0 Å². The lowest BCUT2D eigenvalue weighted by atomic mass is 9.63. The van der Waals surface area contributed by atoms with Gasteiger partial charge in [0.15, 0.2) is 5.71 Å². The van der Waals surface area contributed by atoms with Crippen molar-refractivity contribution >= 4 is 38.6 Å². The molecule has 0 saturated carbocycles. The summed E-state index contributed by atoms with van der Waals surface area (Å²) in [6.07, 6.45) is 19.6. The molecule has 2 unspecified atom stereocenters. The van der Waals surface area contributed by atoms with Crippen molar-refractivity contribution in [1.29, 1.82) is 0 Å². The Balaban J connectivity index is 1.08. The SMILES string of the molecule is CN1C(=CC=CC2=CC(=CC=CC3=[N+](C)c4ccc5ccccc5c4C3(C)Cc3ccccc3)C(C)(C)CC2(C)C)C(C)(Cc2ccccc2)c2c1ccc1ccccc21. The fourth-order valence-corrected chi connectivity index (χ4v) is 11.4. The molecule has 0 spiro atoms. The number of rotatable bonds is 8. The van der Waals surface area contributed by atoms with Gasteiger partial charge in [0.05, 0.1) is 5.41 Å². The summed E-state index contributed by atoms with van der Waals surface area (Å²) in [5, 5.41) is 5.27. The predicted molar refractivity (Wildman–Crippen MR) is 257 cm³/mol. The van der Waals surface area contributed by atoms with Crippen LogP contribution in [0.1, 0.15) is 70.2 Å². The van der Waals surface area contributed by atoms with Crippen molar-refractivity contribution in [2.45, 2.75) is 71.6 Å². The van der Waals surface area contributed by atoms with Crippen LogP contribution < -0.4 is 4.90 Å². The first kappa shape index (κ1) is 39.5. The van der Waals surface area contributed by atoms with Crippen LogP contribution in [0.25, 0.3) is 21.5 Å². The lowest BCUT2D eigenvalue weighted by molar-refractivity contribution is -0.401. The van der Waals surface area contributed by atoms with Crippen LogP contribution >= 0.6 is 0 Å². The minimum absolute atomic E-state index is 0.0189. The molecule has 0 saturated heterocycles. The van der Waals surface area contributed by atoms with Crippen molar-refractivity contribution in [2.24, 2.45) is 10.8 Å². The largest absolute Gasteiger partial charge is 0.347 e. The van der Waals surface area contributed by atoms with E-state index in [0.29, 0.717) is 0 Å². The van der Waals surface area contributed by atoms with Gasteiger partial charge in [0.1, 0.15) is 7.05 Å². The molecule has 300 valence electrons. The summed E-state index contributed by atoms with van der Waals surface area (Å²) in [6, 6.07) is 48.9. The summed E-state index contributed by atoms with van der Waals surface area (Å²) in [5.41, 5.74) is 13.2. The highest BCUT2D eigenvalue weighted by Gasteiger charge is 2.48.